The third-order valence-electron chi connectivity index (χ3n) is 1.77. The van der Waals surface area contributed by atoms with Gasteiger partial charge in [-0.25, -0.2) is 0 Å². The average Bonchev–Trinajstić information content (AvgIpc) is 2.02. The van der Waals surface area contributed by atoms with Crippen molar-refractivity contribution in [2.24, 2.45) is 0 Å². The maximum absolute atomic E-state index is 10.4. The van der Waals surface area contributed by atoms with Crippen LogP contribution in [0.2, 0.25) is 0 Å². The number of benzene rings is 1. The van der Waals surface area contributed by atoms with Gasteiger partial charge in [-0.05, 0) is 18.9 Å². The van der Waals surface area contributed by atoms with Gasteiger partial charge in [0, 0.05) is 0 Å². The summed E-state index contributed by atoms with van der Waals surface area (Å²) in [7, 11) is -3.83. The van der Waals surface area contributed by atoms with E-state index in [1.165, 1.54) is 0 Å². The van der Waals surface area contributed by atoms with Gasteiger partial charge in [-0.3, -0.25) is 4.55 Å². The highest BCUT2D eigenvalue weighted by molar-refractivity contribution is 7.85. The molecule has 0 fully saturated rings. The molecule has 0 aliphatic rings. The van der Waals surface area contributed by atoms with E-state index < -0.39 is 10.1 Å². The van der Waals surface area contributed by atoms with E-state index in [0.717, 1.165) is 11.1 Å². The summed E-state index contributed by atoms with van der Waals surface area (Å²) in [5.41, 5.74) is 2.05. The SMILES string of the molecule is Cc1ccc(CCS(=O)(=O)O)cc1. The smallest absolute Gasteiger partial charge is 0.265 e. The lowest BCUT2D eigenvalue weighted by molar-refractivity contribution is 0.482. The molecular weight excluding hydrogens is 188 g/mol. The summed E-state index contributed by atoms with van der Waals surface area (Å²) in [6.07, 6.45) is 0.360. The van der Waals surface area contributed by atoms with Crippen LogP contribution >= 0.6 is 0 Å². The van der Waals surface area contributed by atoms with E-state index in [1.807, 2.05) is 31.2 Å². The fraction of sp³-hybridized carbons (Fsp3) is 0.333. The summed E-state index contributed by atoms with van der Waals surface area (Å²) in [5, 5.41) is 0. The van der Waals surface area contributed by atoms with Crippen molar-refractivity contribution in [3.05, 3.63) is 35.4 Å². The quantitative estimate of drug-likeness (QED) is 0.751. The highest BCUT2D eigenvalue weighted by atomic mass is 32.2. The summed E-state index contributed by atoms with van der Waals surface area (Å²) < 4.78 is 29.4. The van der Waals surface area contributed by atoms with Crippen LogP contribution in [0.1, 0.15) is 11.1 Å². The number of hydrogen-bond donors (Lipinski definition) is 1. The van der Waals surface area contributed by atoms with E-state index in [0.29, 0.717) is 6.42 Å². The van der Waals surface area contributed by atoms with Crippen LogP contribution in [0, 0.1) is 6.92 Å². The van der Waals surface area contributed by atoms with Gasteiger partial charge in [0.15, 0.2) is 0 Å². The van der Waals surface area contributed by atoms with Gasteiger partial charge in [0.25, 0.3) is 10.1 Å². The predicted molar refractivity (Wildman–Crippen MR) is 51.3 cm³/mol. The molecule has 0 aliphatic heterocycles. The molecule has 0 amide bonds. The van der Waals surface area contributed by atoms with Crippen LogP contribution in [0.5, 0.6) is 0 Å². The Morgan fingerprint density at radius 2 is 1.77 bits per heavy atom. The first-order valence-corrected chi connectivity index (χ1v) is 5.59. The third kappa shape index (κ3) is 4.05. The minimum absolute atomic E-state index is 0.212. The second-order valence-electron chi connectivity index (χ2n) is 3.02. The Morgan fingerprint density at radius 1 is 1.23 bits per heavy atom. The average molecular weight is 200 g/mol. The number of hydrogen-bond acceptors (Lipinski definition) is 2. The van der Waals surface area contributed by atoms with Crippen LogP contribution < -0.4 is 0 Å². The standard InChI is InChI=1S/C9H12O3S/c1-8-2-4-9(5-3-8)6-7-13(10,11)12/h2-5H,6-7H2,1H3,(H,10,11,12). The minimum Gasteiger partial charge on any atom is -0.286 e. The maximum Gasteiger partial charge on any atom is 0.265 e. The molecule has 0 spiro atoms. The summed E-state index contributed by atoms with van der Waals surface area (Å²) in [6, 6.07) is 7.56. The molecule has 1 aromatic carbocycles. The van der Waals surface area contributed by atoms with Crippen molar-refractivity contribution >= 4 is 10.1 Å². The molecule has 0 saturated heterocycles. The first-order chi connectivity index (χ1) is 5.97. The zero-order valence-electron chi connectivity index (χ0n) is 7.40. The lowest BCUT2D eigenvalue weighted by Crippen LogP contribution is -2.06. The summed E-state index contributed by atoms with van der Waals surface area (Å²) in [4.78, 5) is 0. The molecule has 0 saturated carbocycles. The molecule has 72 valence electrons. The van der Waals surface area contributed by atoms with E-state index in [4.69, 9.17) is 4.55 Å². The van der Waals surface area contributed by atoms with Crippen molar-refractivity contribution in [3.63, 3.8) is 0 Å². The highest BCUT2D eigenvalue weighted by Gasteiger charge is 2.04. The van der Waals surface area contributed by atoms with Crippen molar-refractivity contribution in [2.45, 2.75) is 13.3 Å². The molecular formula is C9H12O3S. The van der Waals surface area contributed by atoms with Crippen LogP contribution in [-0.2, 0) is 16.5 Å². The molecule has 1 rings (SSSR count). The molecule has 0 aromatic heterocycles. The minimum atomic E-state index is -3.83. The van der Waals surface area contributed by atoms with Gasteiger partial charge in [-0.1, -0.05) is 29.8 Å². The molecule has 0 aliphatic carbocycles. The number of aryl methyl sites for hydroxylation is 2. The molecule has 13 heavy (non-hydrogen) atoms. The van der Waals surface area contributed by atoms with E-state index in [9.17, 15) is 8.42 Å². The fourth-order valence-corrected chi connectivity index (χ4v) is 1.50. The first kappa shape index (κ1) is 10.2. The number of rotatable bonds is 3. The van der Waals surface area contributed by atoms with Crippen LogP contribution in [0.25, 0.3) is 0 Å². The van der Waals surface area contributed by atoms with Crippen molar-refractivity contribution in [3.8, 4) is 0 Å². The zero-order valence-corrected chi connectivity index (χ0v) is 8.21. The lowest BCUT2D eigenvalue weighted by atomic mass is 10.1. The van der Waals surface area contributed by atoms with Crippen molar-refractivity contribution in [1.82, 2.24) is 0 Å². The monoisotopic (exact) mass is 200 g/mol. The van der Waals surface area contributed by atoms with Gasteiger partial charge in [-0.2, -0.15) is 8.42 Å². The van der Waals surface area contributed by atoms with Crippen molar-refractivity contribution in [1.29, 1.82) is 0 Å². The Kier molecular flexibility index (Phi) is 3.06. The Bertz CT molecular complexity index is 364. The highest BCUT2D eigenvalue weighted by Crippen LogP contribution is 2.04. The van der Waals surface area contributed by atoms with Gasteiger partial charge < -0.3 is 0 Å². The Balaban J connectivity index is 2.61. The molecule has 3 nitrogen and oxygen atoms in total. The van der Waals surface area contributed by atoms with E-state index >= 15 is 0 Å². The maximum atomic E-state index is 10.4. The van der Waals surface area contributed by atoms with Gasteiger partial charge in [0.2, 0.25) is 0 Å². The van der Waals surface area contributed by atoms with E-state index in [-0.39, 0.29) is 5.75 Å². The van der Waals surface area contributed by atoms with E-state index in [1.54, 1.807) is 0 Å². The van der Waals surface area contributed by atoms with Crippen molar-refractivity contribution in [2.75, 3.05) is 5.75 Å². The normalized spacial score (nSPS) is 11.5. The van der Waals surface area contributed by atoms with Gasteiger partial charge in [-0.15, -0.1) is 0 Å². The Morgan fingerprint density at radius 3 is 2.23 bits per heavy atom. The zero-order chi connectivity index (χ0) is 9.90. The molecule has 0 unspecified atom stereocenters. The molecule has 0 bridgehead atoms. The molecule has 1 aromatic rings. The van der Waals surface area contributed by atoms with E-state index in [2.05, 4.69) is 0 Å². The second-order valence-corrected chi connectivity index (χ2v) is 4.59. The first-order valence-electron chi connectivity index (χ1n) is 3.98. The summed E-state index contributed by atoms with van der Waals surface area (Å²) >= 11 is 0. The topological polar surface area (TPSA) is 54.4 Å². The van der Waals surface area contributed by atoms with Crippen LogP contribution in [-0.4, -0.2) is 18.7 Å². The molecule has 0 atom stereocenters. The molecule has 0 heterocycles. The Labute approximate surface area is 78.2 Å². The molecule has 1 N–H and O–H groups in total. The predicted octanol–water partition coefficient (Wildman–Crippen LogP) is 1.43. The van der Waals surface area contributed by atoms with Gasteiger partial charge in [0.05, 0.1) is 5.75 Å². The van der Waals surface area contributed by atoms with Crippen LogP contribution in [0.3, 0.4) is 0 Å². The summed E-state index contributed by atoms with van der Waals surface area (Å²) in [6.45, 7) is 1.96. The van der Waals surface area contributed by atoms with Crippen LogP contribution in [0.15, 0.2) is 24.3 Å². The van der Waals surface area contributed by atoms with Gasteiger partial charge >= 0.3 is 0 Å². The largest absolute Gasteiger partial charge is 0.286 e. The third-order valence-corrected chi connectivity index (χ3v) is 2.49. The lowest BCUT2D eigenvalue weighted by Gasteiger charge is -1.99. The molecule has 4 heteroatoms. The Hall–Kier alpha value is -0.870. The fourth-order valence-electron chi connectivity index (χ4n) is 1.00. The summed E-state index contributed by atoms with van der Waals surface area (Å²) in [5.74, 6) is -0.212. The second kappa shape index (κ2) is 3.89. The van der Waals surface area contributed by atoms with Crippen molar-refractivity contribution < 1.29 is 13.0 Å². The van der Waals surface area contributed by atoms with Gasteiger partial charge in [0.1, 0.15) is 0 Å². The van der Waals surface area contributed by atoms with Crippen LogP contribution in [0.4, 0.5) is 0 Å². The molecule has 0 radical (unpaired) electrons.